The predicted octanol–water partition coefficient (Wildman–Crippen LogP) is 2.66. The molecule has 0 spiro atoms. The van der Waals surface area contributed by atoms with Crippen molar-refractivity contribution in [1.82, 2.24) is 4.90 Å². The van der Waals surface area contributed by atoms with Gasteiger partial charge < -0.3 is 9.64 Å². The third-order valence-corrected chi connectivity index (χ3v) is 3.57. The largest absolute Gasteiger partial charge is 0.465 e. The lowest BCUT2D eigenvalue weighted by molar-refractivity contribution is -0.143. The topological polar surface area (TPSA) is 41.9 Å². The van der Waals surface area contributed by atoms with Crippen LogP contribution in [0.1, 0.15) is 6.92 Å². The van der Waals surface area contributed by atoms with Crippen LogP contribution in [-0.2, 0) is 9.53 Å². The van der Waals surface area contributed by atoms with Crippen molar-refractivity contribution in [2.75, 3.05) is 25.4 Å². The lowest BCUT2D eigenvalue weighted by atomic mass is 10.5. The third kappa shape index (κ3) is 4.77. The normalized spacial score (nSPS) is 18.9. The van der Waals surface area contributed by atoms with E-state index in [1.807, 2.05) is 4.90 Å². The first-order valence-electron chi connectivity index (χ1n) is 4.37. The van der Waals surface area contributed by atoms with E-state index in [0.717, 1.165) is 17.5 Å². The smallest absolute Gasteiger partial charge is 0.325 e. The molecule has 0 aromatic rings. The van der Waals surface area contributed by atoms with E-state index < -0.39 is 6.78 Å². The SMILES string of the molecule is CCOC(=O)CN1CCS/C1=N\P(Cl)Cl. The Labute approximate surface area is 104 Å². The zero-order valence-electron chi connectivity index (χ0n) is 8.15. The molecule has 0 aliphatic carbocycles. The van der Waals surface area contributed by atoms with Gasteiger partial charge in [-0.15, -0.1) is 0 Å². The molecule has 1 rings (SSSR count). The molecule has 4 nitrogen and oxygen atoms in total. The van der Waals surface area contributed by atoms with Crippen molar-refractivity contribution in [3.8, 4) is 0 Å². The molecule has 1 fully saturated rings. The monoisotopic (exact) mass is 288 g/mol. The van der Waals surface area contributed by atoms with Crippen molar-refractivity contribution in [1.29, 1.82) is 0 Å². The van der Waals surface area contributed by atoms with Gasteiger partial charge in [-0.05, 0) is 6.92 Å². The predicted molar refractivity (Wildman–Crippen MR) is 66.7 cm³/mol. The molecule has 1 heterocycles. The second-order valence-corrected chi connectivity index (χ2v) is 6.81. The summed E-state index contributed by atoms with van der Waals surface area (Å²) in [6.07, 6.45) is 0. The summed E-state index contributed by atoms with van der Waals surface area (Å²) in [5.41, 5.74) is 0. The molecule has 86 valence electrons. The molecule has 15 heavy (non-hydrogen) atoms. The number of nitrogens with zero attached hydrogens (tertiary/aromatic N) is 2. The summed E-state index contributed by atoms with van der Waals surface area (Å²) >= 11 is 12.8. The van der Waals surface area contributed by atoms with E-state index in [1.165, 1.54) is 0 Å². The van der Waals surface area contributed by atoms with Gasteiger partial charge in [-0.1, -0.05) is 34.2 Å². The molecule has 1 saturated heterocycles. The van der Waals surface area contributed by atoms with Crippen LogP contribution in [0.25, 0.3) is 0 Å². The Morgan fingerprint density at radius 2 is 2.47 bits per heavy atom. The molecular formula is C7H11Cl2N2O2PS. The molecule has 0 saturated carbocycles. The van der Waals surface area contributed by atoms with E-state index in [9.17, 15) is 4.79 Å². The summed E-state index contributed by atoms with van der Waals surface area (Å²) < 4.78 is 8.92. The van der Waals surface area contributed by atoms with Crippen molar-refractivity contribution >= 4 is 52.2 Å². The maximum absolute atomic E-state index is 11.2. The van der Waals surface area contributed by atoms with Crippen LogP contribution in [0.2, 0.25) is 0 Å². The molecule has 0 N–H and O–H groups in total. The van der Waals surface area contributed by atoms with Crippen LogP contribution in [0.5, 0.6) is 0 Å². The minimum absolute atomic E-state index is 0.219. The summed E-state index contributed by atoms with van der Waals surface area (Å²) in [5, 5.41) is 0.735. The van der Waals surface area contributed by atoms with Gasteiger partial charge in [0.05, 0.1) is 6.61 Å². The van der Waals surface area contributed by atoms with E-state index in [0.29, 0.717) is 6.61 Å². The Bertz CT molecular complexity index is 265. The standard InChI is InChI=1S/C7H11Cl2N2O2PS/c1-2-13-6(12)5-11-3-4-15-7(11)10-14(8)9/h2-5H2,1H3/b10-7-. The van der Waals surface area contributed by atoms with E-state index in [4.69, 9.17) is 27.2 Å². The van der Waals surface area contributed by atoms with Gasteiger partial charge >= 0.3 is 5.97 Å². The average molecular weight is 289 g/mol. The summed E-state index contributed by atoms with van der Waals surface area (Å²) in [6, 6.07) is 0. The Hall–Kier alpha value is 0.300. The highest BCUT2D eigenvalue weighted by molar-refractivity contribution is 8.15. The minimum atomic E-state index is -1.35. The molecule has 0 aromatic heterocycles. The highest BCUT2D eigenvalue weighted by Gasteiger charge is 2.23. The summed E-state index contributed by atoms with van der Waals surface area (Å²) in [7, 11) is 0. The Morgan fingerprint density at radius 3 is 3.07 bits per heavy atom. The fourth-order valence-electron chi connectivity index (χ4n) is 1.10. The van der Waals surface area contributed by atoms with Gasteiger partial charge in [0.25, 0.3) is 0 Å². The second-order valence-electron chi connectivity index (χ2n) is 2.67. The third-order valence-electron chi connectivity index (χ3n) is 1.65. The van der Waals surface area contributed by atoms with Gasteiger partial charge in [-0.3, -0.25) is 4.79 Å². The van der Waals surface area contributed by atoms with Crippen LogP contribution in [0.15, 0.2) is 4.76 Å². The molecule has 0 unspecified atom stereocenters. The summed E-state index contributed by atoms with van der Waals surface area (Å²) in [5.74, 6) is 0.649. The molecule has 0 radical (unpaired) electrons. The van der Waals surface area contributed by atoms with Gasteiger partial charge in [0.1, 0.15) is 6.54 Å². The van der Waals surface area contributed by atoms with E-state index in [2.05, 4.69) is 4.76 Å². The second kappa shape index (κ2) is 6.79. The highest BCUT2D eigenvalue weighted by atomic mass is 35.9. The van der Waals surface area contributed by atoms with Crippen molar-refractivity contribution in [2.45, 2.75) is 6.92 Å². The maximum atomic E-state index is 11.2. The van der Waals surface area contributed by atoms with Gasteiger partial charge in [-0.2, -0.15) is 0 Å². The fraction of sp³-hybridized carbons (Fsp3) is 0.714. The highest BCUT2D eigenvalue weighted by Crippen LogP contribution is 2.49. The summed E-state index contributed by atoms with van der Waals surface area (Å²) in [6.45, 7) is 1.82. The fourth-order valence-corrected chi connectivity index (χ4v) is 3.36. The van der Waals surface area contributed by atoms with Crippen LogP contribution >= 0.6 is 41.0 Å². The van der Waals surface area contributed by atoms with Crippen LogP contribution in [0.4, 0.5) is 0 Å². The molecule has 0 amide bonds. The molecule has 1 aliphatic heterocycles. The number of halogens is 2. The Kier molecular flexibility index (Phi) is 6.05. The van der Waals surface area contributed by atoms with E-state index >= 15 is 0 Å². The van der Waals surface area contributed by atoms with E-state index in [-0.39, 0.29) is 12.5 Å². The molecule has 0 aromatic carbocycles. The van der Waals surface area contributed by atoms with Crippen LogP contribution in [-0.4, -0.2) is 41.5 Å². The maximum Gasteiger partial charge on any atom is 0.325 e. The molecule has 0 bridgehead atoms. The van der Waals surface area contributed by atoms with Crippen LogP contribution in [0.3, 0.4) is 0 Å². The number of ether oxygens (including phenoxy) is 1. The molecule has 8 heteroatoms. The number of amidine groups is 1. The number of thioether (sulfide) groups is 1. The van der Waals surface area contributed by atoms with Gasteiger partial charge in [0.15, 0.2) is 5.17 Å². The van der Waals surface area contributed by atoms with Crippen LogP contribution in [0, 0.1) is 0 Å². The number of carbonyl (C=O) groups is 1. The summed E-state index contributed by atoms with van der Waals surface area (Å²) in [4.78, 5) is 13.1. The van der Waals surface area contributed by atoms with Gasteiger partial charge in [-0.25, -0.2) is 4.76 Å². The average Bonchev–Trinajstić information content (AvgIpc) is 2.52. The van der Waals surface area contributed by atoms with Crippen molar-refractivity contribution < 1.29 is 9.53 Å². The first-order valence-corrected chi connectivity index (χ1v) is 8.46. The number of hydrogen-bond acceptors (Lipinski definition) is 4. The molecule has 0 atom stereocenters. The zero-order valence-corrected chi connectivity index (χ0v) is 11.4. The molecular weight excluding hydrogens is 278 g/mol. The Morgan fingerprint density at radius 1 is 1.73 bits per heavy atom. The van der Waals surface area contributed by atoms with Gasteiger partial charge in [0.2, 0.25) is 6.78 Å². The quantitative estimate of drug-likeness (QED) is 0.589. The van der Waals surface area contributed by atoms with Crippen molar-refractivity contribution in [3.05, 3.63) is 0 Å². The number of carbonyl (C=O) groups excluding carboxylic acids is 1. The first kappa shape index (κ1) is 13.4. The number of rotatable bonds is 4. The van der Waals surface area contributed by atoms with Crippen LogP contribution < -0.4 is 0 Å². The van der Waals surface area contributed by atoms with Crippen molar-refractivity contribution in [3.63, 3.8) is 0 Å². The van der Waals surface area contributed by atoms with Crippen molar-refractivity contribution in [2.24, 2.45) is 4.76 Å². The lowest BCUT2D eigenvalue weighted by Crippen LogP contribution is -2.31. The van der Waals surface area contributed by atoms with E-state index in [1.54, 1.807) is 18.7 Å². The number of hydrogen-bond donors (Lipinski definition) is 0. The lowest BCUT2D eigenvalue weighted by Gasteiger charge is -2.16. The molecule has 1 aliphatic rings. The zero-order chi connectivity index (χ0) is 11.3. The number of esters is 1. The van der Waals surface area contributed by atoms with Gasteiger partial charge in [0, 0.05) is 12.3 Å². The first-order chi connectivity index (χ1) is 7.13. The Balaban J connectivity index is 2.50. The minimum Gasteiger partial charge on any atom is -0.465 e.